The van der Waals surface area contributed by atoms with E-state index in [0.29, 0.717) is 5.88 Å². The maximum absolute atomic E-state index is 5.10. The Hall–Kier alpha value is -1.35. The zero-order chi connectivity index (χ0) is 11.4. The van der Waals surface area contributed by atoms with E-state index in [2.05, 4.69) is 27.0 Å². The number of ether oxygens (including phenoxy) is 1. The molecule has 3 heteroatoms. The Kier molecular flexibility index (Phi) is 3.57. The van der Waals surface area contributed by atoms with Crippen LogP contribution in [0.2, 0.25) is 0 Å². The number of nitrogens with zero attached hydrogens (tertiary/aromatic N) is 1. The Morgan fingerprint density at radius 2 is 1.94 bits per heavy atom. The molecule has 0 saturated carbocycles. The summed E-state index contributed by atoms with van der Waals surface area (Å²) in [5.74, 6) is 0.657. The number of halogens is 1. The summed E-state index contributed by atoms with van der Waals surface area (Å²) < 4.78 is 6.21. The van der Waals surface area contributed by atoms with E-state index in [4.69, 9.17) is 4.74 Å². The molecule has 0 radical (unpaired) electrons. The molecular formula is C13H12BrNO. The molecule has 0 unspecified atom stereocenters. The van der Waals surface area contributed by atoms with Gasteiger partial charge in [0.1, 0.15) is 0 Å². The Balaban J connectivity index is 2.24. The number of hydrogen-bond donors (Lipinski definition) is 0. The number of pyridine rings is 1. The van der Waals surface area contributed by atoms with Crippen molar-refractivity contribution < 1.29 is 4.74 Å². The SMILES string of the molecule is COc1cccc(Cc2ccccc2Br)n1. The fraction of sp³-hybridized carbons (Fsp3) is 0.154. The maximum Gasteiger partial charge on any atom is 0.213 e. The fourth-order valence-corrected chi connectivity index (χ4v) is 1.93. The highest BCUT2D eigenvalue weighted by Gasteiger charge is 2.02. The van der Waals surface area contributed by atoms with Crippen molar-refractivity contribution >= 4 is 15.9 Å². The van der Waals surface area contributed by atoms with Crippen LogP contribution in [0.4, 0.5) is 0 Å². The molecule has 0 atom stereocenters. The third-order valence-corrected chi connectivity index (χ3v) is 3.09. The second kappa shape index (κ2) is 5.12. The Bertz CT molecular complexity index is 485. The van der Waals surface area contributed by atoms with Crippen molar-refractivity contribution in [1.29, 1.82) is 0 Å². The van der Waals surface area contributed by atoms with Gasteiger partial charge in [-0.05, 0) is 17.7 Å². The molecule has 0 aliphatic heterocycles. The van der Waals surface area contributed by atoms with Gasteiger partial charge >= 0.3 is 0 Å². The molecule has 82 valence electrons. The van der Waals surface area contributed by atoms with Crippen molar-refractivity contribution in [2.75, 3.05) is 7.11 Å². The Labute approximate surface area is 103 Å². The zero-order valence-electron chi connectivity index (χ0n) is 8.98. The van der Waals surface area contributed by atoms with Crippen molar-refractivity contribution in [1.82, 2.24) is 4.98 Å². The van der Waals surface area contributed by atoms with Crippen LogP contribution in [0.1, 0.15) is 11.3 Å². The van der Waals surface area contributed by atoms with Gasteiger partial charge in [0, 0.05) is 22.7 Å². The van der Waals surface area contributed by atoms with Crippen molar-refractivity contribution in [3.8, 4) is 5.88 Å². The zero-order valence-corrected chi connectivity index (χ0v) is 10.6. The van der Waals surface area contributed by atoms with E-state index < -0.39 is 0 Å². The highest BCUT2D eigenvalue weighted by Crippen LogP contribution is 2.19. The number of aromatic nitrogens is 1. The monoisotopic (exact) mass is 277 g/mol. The van der Waals surface area contributed by atoms with Crippen molar-refractivity contribution in [2.45, 2.75) is 6.42 Å². The van der Waals surface area contributed by atoms with Crippen LogP contribution in [0.3, 0.4) is 0 Å². The minimum absolute atomic E-state index is 0.657. The van der Waals surface area contributed by atoms with Crippen molar-refractivity contribution in [3.63, 3.8) is 0 Å². The van der Waals surface area contributed by atoms with Crippen LogP contribution in [0.5, 0.6) is 5.88 Å². The molecule has 1 heterocycles. The van der Waals surface area contributed by atoms with Gasteiger partial charge < -0.3 is 4.74 Å². The summed E-state index contributed by atoms with van der Waals surface area (Å²) in [6.45, 7) is 0. The minimum Gasteiger partial charge on any atom is -0.481 e. The summed E-state index contributed by atoms with van der Waals surface area (Å²) >= 11 is 3.53. The quantitative estimate of drug-likeness (QED) is 0.858. The summed E-state index contributed by atoms with van der Waals surface area (Å²) in [7, 11) is 1.63. The number of methoxy groups -OCH3 is 1. The molecule has 2 rings (SSSR count). The lowest BCUT2D eigenvalue weighted by Crippen LogP contribution is -1.95. The van der Waals surface area contributed by atoms with Crippen LogP contribution in [0.15, 0.2) is 46.9 Å². The van der Waals surface area contributed by atoms with E-state index >= 15 is 0 Å². The molecule has 1 aromatic carbocycles. The van der Waals surface area contributed by atoms with Crippen LogP contribution < -0.4 is 4.74 Å². The third kappa shape index (κ3) is 2.61. The lowest BCUT2D eigenvalue weighted by molar-refractivity contribution is 0.396. The molecular weight excluding hydrogens is 266 g/mol. The average Bonchev–Trinajstić information content (AvgIpc) is 2.32. The van der Waals surface area contributed by atoms with Gasteiger partial charge in [-0.3, -0.25) is 0 Å². The second-order valence-electron chi connectivity index (χ2n) is 3.44. The Morgan fingerprint density at radius 3 is 2.69 bits per heavy atom. The molecule has 16 heavy (non-hydrogen) atoms. The Morgan fingerprint density at radius 1 is 1.12 bits per heavy atom. The molecule has 0 amide bonds. The van der Waals surface area contributed by atoms with Gasteiger partial charge in [-0.1, -0.05) is 40.2 Å². The fourth-order valence-electron chi connectivity index (χ4n) is 1.51. The smallest absolute Gasteiger partial charge is 0.213 e. The molecule has 0 fully saturated rings. The number of rotatable bonds is 3. The summed E-state index contributed by atoms with van der Waals surface area (Å²) in [4.78, 5) is 4.38. The van der Waals surface area contributed by atoms with Crippen LogP contribution in [0.25, 0.3) is 0 Å². The van der Waals surface area contributed by atoms with E-state index in [1.54, 1.807) is 7.11 Å². The molecule has 0 saturated heterocycles. The van der Waals surface area contributed by atoms with Crippen LogP contribution in [-0.4, -0.2) is 12.1 Å². The molecule has 2 nitrogen and oxygen atoms in total. The van der Waals surface area contributed by atoms with E-state index in [1.165, 1.54) is 5.56 Å². The van der Waals surface area contributed by atoms with Crippen LogP contribution in [0, 0.1) is 0 Å². The first-order valence-corrected chi connectivity index (χ1v) is 5.82. The molecule has 0 spiro atoms. The van der Waals surface area contributed by atoms with Gasteiger partial charge in [-0.15, -0.1) is 0 Å². The van der Waals surface area contributed by atoms with Gasteiger partial charge in [0.2, 0.25) is 5.88 Å². The molecule has 0 bridgehead atoms. The minimum atomic E-state index is 0.657. The van der Waals surface area contributed by atoms with Gasteiger partial charge in [-0.25, -0.2) is 4.98 Å². The van der Waals surface area contributed by atoms with E-state index in [-0.39, 0.29) is 0 Å². The molecule has 1 aromatic heterocycles. The first kappa shape index (κ1) is 11.1. The van der Waals surface area contributed by atoms with E-state index in [1.807, 2.05) is 36.4 Å². The maximum atomic E-state index is 5.10. The van der Waals surface area contributed by atoms with E-state index in [0.717, 1.165) is 16.6 Å². The highest BCUT2D eigenvalue weighted by molar-refractivity contribution is 9.10. The third-order valence-electron chi connectivity index (χ3n) is 2.32. The van der Waals surface area contributed by atoms with Gasteiger partial charge in [0.05, 0.1) is 7.11 Å². The average molecular weight is 278 g/mol. The summed E-state index contributed by atoms with van der Waals surface area (Å²) in [6.07, 6.45) is 0.804. The first-order chi connectivity index (χ1) is 7.79. The van der Waals surface area contributed by atoms with Crippen molar-refractivity contribution in [2.24, 2.45) is 0 Å². The van der Waals surface area contributed by atoms with Crippen molar-refractivity contribution in [3.05, 3.63) is 58.2 Å². The molecule has 2 aromatic rings. The predicted octanol–water partition coefficient (Wildman–Crippen LogP) is 3.44. The standard InChI is InChI=1S/C13H12BrNO/c1-16-13-8-4-6-11(15-13)9-10-5-2-3-7-12(10)14/h2-8H,9H2,1H3. The largest absolute Gasteiger partial charge is 0.481 e. The number of benzene rings is 1. The molecule has 0 aliphatic rings. The van der Waals surface area contributed by atoms with Gasteiger partial charge in [-0.2, -0.15) is 0 Å². The lowest BCUT2D eigenvalue weighted by atomic mass is 10.1. The number of hydrogen-bond acceptors (Lipinski definition) is 2. The first-order valence-electron chi connectivity index (χ1n) is 5.03. The topological polar surface area (TPSA) is 22.1 Å². The van der Waals surface area contributed by atoms with Crippen LogP contribution >= 0.6 is 15.9 Å². The lowest BCUT2D eigenvalue weighted by Gasteiger charge is -2.05. The van der Waals surface area contributed by atoms with E-state index in [9.17, 15) is 0 Å². The normalized spacial score (nSPS) is 10.1. The molecule has 0 aliphatic carbocycles. The predicted molar refractivity (Wildman–Crippen MR) is 67.7 cm³/mol. The van der Waals surface area contributed by atoms with Gasteiger partial charge in [0.15, 0.2) is 0 Å². The summed E-state index contributed by atoms with van der Waals surface area (Å²) in [6, 6.07) is 14.0. The molecule has 0 N–H and O–H groups in total. The summed E-state index contributed by atoms with van der Waals surface area (Å²) in [5, 5.41) is 0. The van der Waals surface area contributed by atoms with Crippen LogP contribution in [-0.2, 0) is 6.42 Å². The summed E-state index contributed by atoms with van der Waals surface area (Å²) in [5.41, 5.74) is 2.23. The second-order valence-corrected chi connectivity index (χ2v) is 4.29. The van der Waals surface area contributed by atoms with Gasteiger partial charge in [0.25, 0.3) is 0 Å². The highest BCUT2D eigenvalue weighted by atomic mass is 79.9.